The molecule has 2 N–H and O–H groups in total. The first-order valence-electron chi connectivity index (χ1n) is 11.7. The van der Waals surface area contributed by atoms with Crippen LogP contribution in [0, 0.1) is 38.7 Å². The van der Waals surface area contributed by atoms with Gasteiger partial charge in [-0.15, -0.1) is 10.1 Å². The highest BCUT2D eigenvalue weighted by Gasteiger charge is 2.68. The summed E-state index contributed by atoms with van der Waals surface area (Å²) in [5, 5.41) is 32.1. The van der Waals surface area contributed by atoms with Crippen molar-refractivity contribution in [1.82, 2.24) is 0 Å². The van der Waals surface area contributed by atoms with E-state index in [1.807, 2.05) is 13.0 Å². The van der Waals surface area contributed by atoms with Gasteiger partial charge in [0, 0.05) is 16.7 Å². The summed E-state index contributed by atoms with van der Waals surface area (Å²) in [5.41, 5.74) is -2.06. The molecule has 0 unspecified atom stereocenters. The number of allylic oxidation sites excluding steroid dienone is 4. The van der Waals surface area contributed by atoms with Crippen LogP contribution in [0.3, 0.4) is 0 Å². The van der Waals surface area contributed by atoms with Crippen LogP contribution in [0.5, 0.6) is 0 Å². The van der Waals surface area contributed by atoms with Crippen molar-refractivity contribution < 1.29 is 39.3 Å². The maximum absolute atomic E-state index is 13.1. The molecule has 10 nitrogen and oxygen atoms in total. The minimum absolute atomic E-state index is 0.0107. The second-order valence-electron chi connectivity index (χ2n) is 10.5. The van der Waals surface area contributed by atoms with Gasteiger partial charge in [0.2, 0.25) is 5.78 Å². The van der Waals surface area contributed by atoms with Crippen LogP contribution in [0.1, 0.15) is 52.4 Å². The highest BCUT2D eigenvalue weighted by molar-refractivity contribution is 6.01. The van der Waals surface area contributed by atoms with Crippen molar-refractivity contribution in [3.8, 4) is 0 Å². The Bertz CT molecular complexity index is 973. The summed E-state index contributed by atoms with van der Waals surface area (Å²) in [6.45, 7) is 2.77. The third kappa shape index (κ3) is 3.76. The number of ether oxygens (including phenoxy) is 1. The number of fused-ring (bicyclic) bond motifs is 5. The van der Waals surface area contributed by atoms with Crippen LogP contribution in [0.15, 0.2) is 23.8 Å². The van der Waals surface area contributed by atoms with E-state index >= 15 is 0 Å². The number of carbonyl (C=O) groups is 3. The SMILES string of the molecule is C[C@]12C=CC(=O)C=C1CC[C@@H]1[C@@H]2[C@@H](O)C[C@@]2(C)[C@H]1CC[C@]2(O)C(=O)COC(=O)CCO[N+](=O)[O-]. The van der Waals surface area contributed by atoms with E-state index in [2.05, 4.69) is 11.8 Å². The molecule has 0 aromatic carbocycles. The standard InChI is InChI=1S/C24H31NO9/c1-22-8-5-15(26)11-14(22)3-4-16-17-6-9-24(30,23(17,2)12-18(27)21(16)22)19(28)13-33-20(29)7-10-34-25(31)32/h5,8,11,16-18,21,27,30H,3-4,6-7,9-10,12-13H2,1-2H3/t16-,17-,18-,21+,22-,23-,24-/m0/s1. The normalized spacial score (nSPS) is 40.5. The molecular formula is C24H31NO9. The number of ketones is 2. The molecule has 0 aliphatic heterocycles. The van der Waals surface area contributed by atoms with Crippen molar-refractivity contribution in [3.05, 3.63) is 33.9 Å². The van der Waals surface area contributed by atoms with Crippen molar-refractivity contribution in [2.75, 3.05) is 13.2 Å². The zero-order chi connectivity index (χ0) is 24.9. The Labute approximate surface area is 197 Å². The van der Waals surface area contributed by atoms with Gasteiger partial charge in [0.1, 0.15) is 12.2 Å². The average Bonchev–Trinajstić information content (AvgIpc) is 3.03. The Morgan fingerprint density at radius 1 is 1.29 bits per heavy atom. The fourth-order valence-electron chi connectivity index (χ4n) is 7.33. The minimum atomic E-state index is -1.75. The molecule has 0 amide bonds. The van der Waals surface area contributed by atoms with Crippen molar-refractivity contribution in [2.45, 2.75) is 64.1 Å². The van der Waals surface area contributed by atoms with Crippen LogP contribution in [0.4, 0.5) is 0 Å². The molecule has 3 saturated carbocycles. The van der Waals surface area contributed by atoms with Gasteiger partial charge < -0.3 is 19.8 Å². The maximum atomic E-state index is 13.1. The van der Waals surface area contributed by atoms with E-state index in [1.54, 1.807) is 12.2 Å². The van der Waals surface area contributed by atoms with Gasteiger partial charge >= 0.3 is 5.97 Å². The van der Waals surface area contributed by atoms with Gasteiger partial charge in [0.25, 0.3) is 5.09 Å². The second-order valence-corrected chi connectivity index (χ2v) is 10.5. The summed E-state index contributed by atoms with van der Waals surface area (Å²) in [5.74, 6) is -1.56. The van der Waals surface area contributed by atoms with Crippen molar-refractivity contribution in [3.63, 3.8) is 0 Å². The van der Waals surface area contributed by atoms with Gasteiger partial charge in [-0.1, -0.05) is 25.5 Å². The molecule has 34 heavy (non-hydrogen) atoms. The molecule has 0 heterocycles. The first kappa shape index (κ1) is 24.5. The van der Waals surface area contributed by atoms with E-state index in [0.717, 1.165) is 18.4 Å². The molecule has 4 aliphatic rings. The smallest absolute Gasteiger partial charge is 0.308 e. The molecule has 7 atom stereocenters. The quantitative estimate of drug-likeness (QED) is 0.317. The number of aliphatic hydroxyl groups excluding tert-OH is 1. The van der Waals surface area contributed by atoms with Crippen LogP contribution in [0.2, 0.25) is 0 Å². The maximum Gasteiger partial charge on any atom is 0.308 e. The van der Waals surface area contributed by atoms with Crippen LogP contribution in [0.25, 0.3) is 0 Å². The molecule has 0 saturated heterocycles. The predicted molar refractivity (Wildman–Crippen MR) is 116 cm³/mol. The fourth-order valence-corrected chi connectivity index (χ4v) is 7.33. The van der Waals surface area contributed by atoms with E-state index in [1.165, 1.54) is 0 Å². The Morgan fingerprint density at radius 3 is 2.74 bits per heavy atom. The van der Waals surface area contributed by atoms with Gasteiger partial charge in [-0.2, -0.15) is 0 Å². The van der Waals surface area contributed by atoms with E-state index in [-0.39, 0.29) is 42.8 Å². The number of Topliss-reactive ketones (excluding diaryl/α,β-unsaturated/α-hetero) is 1. The van der Waals surface area contributed by atoms with Crippen LogP contribution in [-0.4, -0.2) is 57.8 Å². The predicted octanol–water partition coefficient (Wildman–Crippen LogP) is 1.71. The number of hydrogen-bond donors (Lipinski definition) is 2. The second kappa shape index (κ2) is 8.57. The van der Waals surface area contributed by atoms with Crippen molar-refractivity contribution in [2.24, 2.45) is 28.6 Å². The van der Waals surface area contributed by atoms with E-state index in [0.29, 0.717) is 6.42 Å². The molecule has 4 rings (SSSR count). The first-order valence-corrected chi connectivity index (χ1v) is 11.7. The van der Waals surface area contributed by atoms with Crippen LogP contribution in [-0.2, 0) is 24.0 Å². The molecule has 0 radical (unpaired) electrons. The van der Waals surface area contributed by atoms with Crippen LogP contribution >= 0.6 is 0 Å². The monoisotopic (exact) mass is 477 g/mol. The van der Waals surface area contributed by atoms with E-state index < -0.39 is 52.6 Å². The third-order valence-electron chi connectivity index (χ3n) is 8.98. The number of esters is 1. The number of hydrogen-bond acceptors (Lipinski definition) is 9. The molecule has 0 aromatic heterocycles. The molecule has 0 spiro atoms. The lowest BCUT2D eigenvalue weighted by molar-refractivity contribution is -0.757. The van der Waals surface area contributed by atoms with Gasteiger partial charge in [-0.05, 0) is 56.1 Å². The molecular weight excluding hydrogens is 446 g/mol. The van der Waals surface area contributed by atoms with E-state index in [9.17, 15) is 34.7 Å². The Hall–Kier alpha value is -2.59. The Morgan fingerprint density at radius 2 is 2.03 bits per heavy atom. The minimum Gasteiger partial charge on any atom is -0.457 e. The van der Waals surface area contributed by atoms with Gasteiger partial charge in [0.05, 0.1) is 12.5 Å². The average molecular weight is 478 g/mol. The first-order chi connectivity index (χ1) is 15.9. The van der Waals surface area contributed by atoms with Crippen LogP contribution < -0.4 is 0 Å². The highest BCUT2D eigenvalue weighted by atomic mass is 16.9. The Balaban J connectivity index is 1.49. The zero-order valence-corrected chi connectivity index (χ0v) is 19.4. The highest BCUT2D eigenvalue weighted by Crippen LogP contribution is 2.67. The Kier molecular flexibility index (Phi) is 6.18. The summed E-state index contributed by atoms with van der Waals surface area (Å²) < 4.78 is 4.96. The van der Waals surface area contributed by atoms with Gasteiger partial charge in [-0.25, -0.2) is 0 Å². The lowest BCUT2D eigenvalue weighted by atomic mass is 9.46. The summed E-state index contributed by atoms with van der Waals surface area (Å²) in [6, 6.07) is 0. The summed E-state index contributed by atoms with van der Waals surface area (Å²) in [4.78, 5) is 51.1. The zero-order valence-electron chi connectivity index (χ0n) is 19.4. The lowest BCUT2D eigenvalue weighted by Crippen LogP contribution is -2.61. The topological polar surface area (TPSA) is 153 Å². The molecule has 4 aliphatic carbocycles. The van der Waals surface area contributed by atoms with Gasteiger partial charge in [0.15, 0.2) is 12.4 Å². The summed E-state index contributed by atoms with van der Waals surface area (Å²) in [7, 11) is 0. The summed E-state index contributed by atoms with van der Waals surface area (Å²) >= 11 is 0. The molecule has 3 fully saturated rings. The number of rotatable bonds is 7. The third-order valence-corrected chi connectivity index (χ3v) is 8.98. The molecule has 0 aromatic rings. The number of nitrogens with zero attached hydrogens (tertiary/aromatic N) is 1. The number of carbonyl (C=O) groups excluding carboxylic acids is 3. The van der Waals surface area contributed by atoms with E-state index in [4.69, 9.17) is 4.74 Å². The van der Waals surface area contributed by atoms with Crippen molar-refractivity contribution in [1.29, 1.82) is 0 Å². The van der Waals surface area contributed by atoms with Crippen molar-refractivity contribution >= 4 is 17.5 Å². The molecule has 10 heteroatoms. The van der Waals surface area contributed by atoms with Gasteiger partial charge in [-0.3, -0.25) is 14.4 Å². The fraction of sp³-hybridized carbons (Fsp3) is 0.708. The molecule has 0 bridgehead atoms. The lowest BCUT2D eigenvalue weighted by Gasteiger charge is -2.59. The largest absolute Gasteiger partial charge is 0.457 e. The molecule has 186 valence electrons. The number of aliphatic hydroxyl groups is 2. The summed E-state index contributed by atoms with van der Waals surface area (Å²) in [6.07, 6.45) is 6.49.